The molecule has 1 unspecified atom stereocenters. The molecule has 0 saturated carbocycles. The zero-order valence-corrected chi connectivity index (χ0v) is 14.2. The van der Waals surface area contributed by atoms with Crippen LogP contribution in [-0.2, 0) is 9.53 Å². The summed E-state index contributed by atoms with van der Waals surface area (Å²) in [5.41, 5.74) is 1.42. The monoisotopic (exact) mass is 349 g/mol. The zero-order valence-electron chi connectivity index (χ0n) is 13.4. The minimum atomic E-state index is -0.449. The van der Waals surface area contributed by atoms with Gasteiger partial charge in [-0.15, -0.1) is 0 Å². The number of ether oxygens (including phenoxy) is 1. The minimum Gasteiger partial charge on any atom is -0.423 e. The average Bonchev–Trinajstić information content (AvgIpc) is 3.05. The second kappa shape index (κ2) is 6.61. The Balaban J connectivity index is 1.50. The number of hydrogen-bond acceptors (Lipinski definition) is 5. The maximum atomic E-state index is 12.7. The molecule has 2 saturated heterocycles. The highest BCUT2D eigenvalue weighted by atomic mass is 35.5. The van der Waals surface area contributed by atoms with E-state index >= 15 is 0 Å². The van der Waals surface area contributed by atoms with Crippen molar-refractivity contribution < 1.29 is 13.9 Å². The number of carbonyl (C=O) groups is 1. The second-order valence-corrected chi connectivity index (χ2v) is 6.74. The number of carbonyl (C=O) groups excluding carboxylic acids is 1. The molecule has 1 aromatic heterocycles. The van der Waals surface area contributed by atoms with Gasteiger partial charge in [-0.25, -0.2) is 0 Å². The van der Waals surface area contributed by atoms with E-state index in [0.717, 1.165) is 31.4 Å². The van der Waals surface area contributed by atoms with Gasteiger partial charge in [0.15, 0.2) is 11.7 Å². The molecular formula is C17H20ClN3O3. The summed E-state index contributed by atoms with van der Waals surface area (Å²) in [5, 5.41) is 0.627. The summed E-state index contributed by atoms with van der Waals surface area (Å²) in [7, 11) is 0. The first-order chi connectivity index (χ1) is 11.7. The molecule has 0 N–H and O–H groups in total. The van der Waals surface area contributed by atoms with Crippen LogP contribution in [0.4, 0.5) is 6.01 Å². The van der Waals surface area contributed by atoms with Gasteiger partial charge in [0.1, 0.15) is 5.52 Å². The van der Waals surface area contributed by atoms with E-state index in [1.807, 2.05) is 15.9 Å². The number of fused-ring (bicyclic) bond motifs is 1. The normalized spacial score (nSPS) is 22.1. The lowest BCUT2D eigenvalue weighted by molar-refractivity contribution is -0.145. The summed E-state index contributed by atoms with van der Waals surface area (Å²) in [6.45, 7) is 3.28. The third kappa shape index (κ3) is 3.08. The molecule has 2 aromatic rings. The molecule has 2 aliphatic heterocycles. The van der Waals surface area contributed by atoms with E-state index in [0.29, 0.717) is 36.3 Å². The van der Waals surface area contributed by atoms with Gasteiger partial charge in [-0.2, -0.15) is 4.98 Å². The molecule has 2 fully saturated rings. The second-order valence-electron chi connectivity index (χ2n) is 6.30. The molecular weight excluding hydrogens is 330 g/mol. The number of hydrogen-bond donors (Lipinski definition) is 0. The summed E-state index contributed by atoms with van der Waals surface area (Å²) >= 11 is 6.00. The number of morpholine rings is 1. The topological polar surface area (TPSA) is 58.8 Å². The van der Waals surface area contributed by atoms with Crippen molar-refractivity contribution in [2.75, 3.05) is 37.7 Å². The van der Waals surface area contributed by atoms with Gasteiger partial charge in [-0.05, 0) is 37.5 Å². The highest BCUT2D eigenvalue weighted by Gasteiger charge is 2.32. The Morgan fingerprint density at radius 2 is 2.04 bits per heavy atom. The molecule has 24 heavy (non-hydrogen) atoms. The summed E-state index contributed by atoms with van der Waals surface area (Å²) < 4.78 is 11.5. The molecule has 7 heteroatoms. The number of piperidine rings is 1. The number of anilines is 1. The lowest BCUT2D eigenvalue weighted by atomic mass is 10.1. The SMILES string of the molecule is O=C(C1CN(c2nc3cc(Cl)ccc3o2)CCO1)N1CCCCC1. The van der Waals surface area contributed by atoms with Crippen LogP contribution in [0.15, 0.2) is 22.6 Å². The molecule has 6 nitrogen and oxygen atoms in total. The van der Waals surface area contributed by atoms with Crippen molar-refractivity contribution in [2.24, 2.45) is 0 Å². The molecule has 0 spiro atoms. The van der Waals surface area contributed by atoms with Crippen molar-refractivity contribution in [1.82, 2.24) is 9.88 Å². The fraction of sp³-hybridized carbons (Fsp3) is 0.529. The number of likely N-dealkylation sites (tertiary alicyclic amines) is 1. The Bertz CT molecular complexity index is 742. The first-order valence-electron chi connectivity index (χ1n) is 8.42. The lowest BCUT2D eigenvalue weighted by Gasteiger charge is -2.35. The number of oxazole rings is 1. The van der Waals surface area contributed by atoms with E-state index in [2.05, 4.69) is 4.98 Å². The summed E-state index contributed by atoms with van der Waals surface area (Å²) in [6.07, 6.45) is 2.91. The Kier molecular flexibility index (Phi) is 4.33. The molecule has 2 aliphatic rings. The molecule has 1 aromatic carbocycles. The molecule has 0 aliphatic carbocycles. The van der Waals surface area contributed by atoms with Crippen molar-refractivity contribution in [2.45, 2.75) is 25.4 Å². The Hall–Kier alpha value is -1.79. The molecule has 3 heterocycles. The van der Waals surface area contributed by atoms with Crippen molar-refractivity contribution in [3.63, 3.8) is 0 Å². The van der Waals surface area contributed by atoms with Crippen LogP contribution in [-0.4, -0.2) is 54.7 Å². The number of nitrogens with zero attached hydrogens (tertiary/aromatic N) is 3. The third-order valence-electron chi connectivity index (χ3n) is 4.62. The van der Waals surface area contributed by atoms with Crippen molar-refractivity contribution in [1.29, 1.82) is 0 Å². The predicted molar refractivity (Wildman–Crippen MR) is 91.4 cm³/mol. The highest BCUT2D eigenvalue weighted by Crippen LogP contribution is 2.26. The summed E-state index contributed by atoms with van der Waals surface area (Å²) in [6, 6.07) is 5.89. The van der Waals surface area contributed by atoms with E-state index < -0.39 is 6.10 Å². The van der Waals surface area contributed by atoms with Crippen LogP contribution in [0.1, 0.15) is 19.3 Å². The lowest BCUT2D eigenvalue weighted by Crippen LogP contribution is -2.52. The van der Waals surface area contributed by atoms with E-state index in [1.54, 1.807) is 12.1 Å². The van der Waals surface area contributed by atoms with Gasteiger partial charge >= 0.3 is 0 Å². The predicted octanol–water partition coefficient (Wildman–Crippen LogP) is 2.70. The Morgan fingerprint density at radius 3 is 2.88 bits per heavy atom. The summed E-state index contributed by atoms with van der Waals surface area (Å²) in [5.74, 6) is 0.0820. The van der Waals surface area contributed by atoms with Crippen LogP contribution in [0.25, 0.3) is 11.1 Å². The van der Waals surface area contributed by atoms with Gasteiger partial charge in [0, 0.05) is 24.7 Å². The van der Waals surface area contributed by atoms with Crippen LogP contribution in [0.3, 0.4) is 0 Å². The van der Waals surface area contributed by atoms with E-state index in [4.69, 9.17) is 20.8 Å². The molecule has 0 bridgehead atoms. The molecule has 1 amide bonds. The fourth-order valence-corrected chi connectivity index (χ4v) is 3.48. The Morgan fingerprint density at radius 1 is 1.21 bits per heavy atom. The standard InChI is InChI=1S/C17H20ClN3O3/c18-12-4-5-14-13(10-12)19-17(24-14)21-8-9-23-15(11-21)16(22)20-6-2-1-3-7-20/h4-5,10,15H,1-3,6-9,11H2. The maximum absolute atomic E-state index is 12.7. The smallest absolute Gasteiger partial charge is 0.298 e. The van der Waals surface area contributed by atoms with E-state index in [1.165, 1.54) is 6.42 Å². The van der Waals surface area contributed by atoms with Crippen molar-refractivity contribution in [3.8, 4) is 0 Å². The maximum Gasteiger partial charge on any atom is 0.298 e. The first-order valence-corrected chi connectivity index (χ1v) is 8.80. The highest BCUT2D eigenvalue weighted by molar-refractivity contribution is 6.31. The number of amides is 1. The van der Waals surface area contributed by atoms with Gasteiger partial charge in [-0.3, -0.25) is 4.79 Å². The van der Waals surface area contributed by atoms with Gasteiger partial charge in [-0.1, -0.05) is 11.6 Å². The molecule has 1 atom stereocenters. The van der Waals surface area contributed by atoms with E-state index in [-0.39, 0.29) is 5.91 Å². The largest absolute Gasteiger partial charge is 0.423 e. The quantitative estimate of drug-likeness (QED) is 0.834. The van der Waals surface area contributed by atoms with Crippen LogP contribution in [0.5, 0.6) is 0 Å². The number of benzene rings is 1. The first kappa shape index (κ1) is 15.7. The van der Waals surface area contributed by atoms with E-state index in [9.17, 15) is 4.79 Å². The van der Waals surface area contributed by atoms with Crippen molar-refractivity contribution >= 4 is 34.6 Å². The third-order valence-corrected chi connectivity index (χ3v) is 4.85. The van der Waals surface area contributed by atoms with Gasteiger partial charge in [0.05, 0.1) is 13.2 Å². The van der Waals surface area contributed by atoms with Crippen LogP contribution >= 0.6 is 11.6 Å². The minimum absolute atomic E-state index is 0.0820. The number of rotatable bonds is 2. The Labute approximate surface area is 145 Å². The summed E-state index contributed by atoms with van der Waals surface area (Å²) in [4.78, 5) is 21.0. The van der Waals surface area contributed by atoms with Crippen LogP contribution in [0, 0.1) is 0 Å². The molecule has 0 radical (unpaired) electrons. The molecule has 128 valence electrons. The van der Waals surface area contributed by atoms with Crippen LogP contribution < -0.4 is 4.90 Å². The van der Waals surface area contributed by atoms with Crippen molar-refractivity contribution in [3.05, 3.63) is 23.2 Å². The van der Waals surface area contributed by atoms with Crippen LogP contribution in [0.2, 0.25) is 5.02 Å². The van der Waals surface area contributed by atoms with Gasteiger partial charge < -0.3 is 19.0 Å². The van der Waals surface area contributed by atoms with Gasteiger partial charge in [0.2, 0.25) is 0 Å². The fourth-order valence-electron chi connectivity index (χ4n) is 3.31. The average molecular weight is 350 g/mol. The van der Waals surface area contributed by atoms with Gasteiger partial charge in [0.25, 0.3) is 11.9 Å². The molecule has 4 rings (SSSR count). The number of halogens is 1. The number of aromatic nitrogens is 1. The zero-order chi connectivity index (χ0) is 16.5.